The third kappa shape index (κ3) is 2.44. The quantitative estimate of drug-likeness (QED) is 0.861. The molecule has 0 amide bonds. The average Bonchev–Trinajstić information content (AvgIpc) is 2.90. The summed E-state index contributed by atoms with van der Waals surface area (Å²) >= 11 is 0. The molecule has 0 fully saturated rings. The van der Waals surface area contributed by atoms with E-state index >= 15 is 0 Å². The Bertz CT molecular complexity index is 585. The summed E-state index contributed by atoms with van der Waals surface area (Å²) < 4.78 is 5.71. The minimum atomic E-state index is 0.702. The molecule has 0 atom stereocenters. The van der Waals surface area contributed by atoms with Gasteiger partial charge >= 0.3 is 0 Å². The number of anilines is 2. The maximum absolute atomic E-state index is 5.97. The lowest BCUT2D eigenvalue weighted by molar-refractivity contribution is 0.319. The third-order valence-electron chi connectivity index (χ3n) is 3.66. The molecule has 0 bridgehead atoms. The minimum absolute atomic E-state index is 0.702. The predicted molar refractivity (Wildman–Crippen MR) is 83.0 cm³/mol. The van der Waals surface area contributed by atoms with Crippen molar-refractivity contribution >= 4 is 11.4 Å². The molecular weight excluding hydrogens is 248 g/mol. The van der Waals surface area contributed by atoms with Gasteiger partial charge in [0.15, 0.2) is 0 Å². The lowest BCUT2D eigenvalue weighted by Crippen LogP contribution is -2.14. The number of rotatable bonds is 4. The van der Waals surface area contributed by atoms with Gasteiger partial charge in [0.25, 0.3) is 0 Å². The zero-order valence-corrected chi connectivity index (χ0v) is 11.8. The highest BCUT2D eigenvalue weighted by Gasteiger charge is 2.19. The molecule has 2 aromatic carbocycles. The van der Waals surface area contributed by atoms with Crippen molar-refractivity contribution in [1.82, 2.24) is 0 Å². The van der Waals surface area contributed by atoms with Gasteiger partial charge in [-0.3, -0.25) is 0 Å². The Labute approximate surface area is 120 Å². The van der Waals surface area contributed by atoms with Crippen molar-refractivity contribution in [3.8, 4) is 5.75 Å². The van der Waals surface area contributed by atoms with Crippen molar-refractivity contribution in [2.24, 2.45) is 0 Å². The topological polar surface area (TPSA) is 38.5 Å². The van der Waals surface area contributed by atoms with Crippen LogP contribution in [-0.2, 0) is 13.1 Å². The number of nitrogen functional groups attached to an aromatic ring is 1. The summed E-state index contributed by atoms with van der Waals surface area (Å²) in [6.07, 6.45) is 0.985. The summed E-state index contributed by atoms with van der Waals surface area (Å²) in [4.78, 5) is 2.35. The van der Waals surface area contributed by atoms with Gasteiger partial charge in [0.2, 0.25) is 0 Å². The van der Waals surface area contributed by atoms with E-state index in [0.717, 1.165) is 25.3 Å². The van der Waals surface area contributed by atoms with Crippen molar-refractivity contribution in [3.63, 3.8) is 0 Å². The lowest BCUT2D eigenvalue weighted by atomic mass is 10.1. The molecule has 2 aromatic rings. The fourth-order valence-electron chi connectivity index (χ4n) is 2.57. The molecule has 0 aliphatic carbocycles. The molecule has 0 saturated carbocycles. The molecule has 0 unspecified atom stereocenters. The summed E-state index contributed by atoms with van der Waals surface area (Å²) in [5, 5.41) is 0. The molecule has 0 saturated heterocycles. The first-order valence-corrected chi connectivity index (χ1v) is 7.12. The van der Waals surface area contributed by atoms with Gasteiger partial charge < -0.3 is 15.4 Å². The van der Waals surface area contributed by atoms with Crippen LogP contribution in [0.1, 0.15) is 24.5 Å². The molecule has 1 aliphatic heterocycles. The maximum atomic E-state index is 5.97. The normalized spacial score (nSPS) is 13.3. The SMILES string of the molecule is CCCOc1cc(N2Cc3ccccc3C2)ccc1N. The summed E-state index contributed by atoms with van der Waals surface area (Å²) in [6, 6.07) is 14.6. The van der Waals surface area contributed by atoms with Crippen LogP contribution in [0.5, 0.6) is 5.75 Å². The van der Waals surface area contributed by atoms with Crippen LogP contribution in [0.25, 0.3) is 0 Å². The fraction of sp³-hybridized carbons (Fsp3) is 0.294. The van der Waals surface area contributed by atoms with Crippen LogP contribution in [0, 0.1) is 0 Å². The summed E-state index contributed by atoms with van der Waals surface area (Å²) in [5.74, 6) is 0.792. The summed E-state index contributed by atoms with van der Waals surface area (Å²) in [5.41, 5.74) is 10.7. The van der Waals surface area contributed by atoms with Gasteiger partial charge in [0.05, 0.1) is 12.3 Å². The molecule has 1 aliphatic rings. The first-order valence-electron chi connectivity index (χ1n) is 7.12. The Morgan fingerprint density at radius 1 is 1.10 bits per heavy atom. The van der Waals surface area contributed by atoms with Crippen molar-refractivity contribution in [1.29, 1.82) is 0 Å². The maximum Gasteiger partial charge on any atom is 0.144 e. The van der Waals surface area contributed by atoms with Crippen molar-refractivity contribution in [2.75, 3.05) is 17.2 Å². The van der Waals surface area contributed by atoms with E-state index in [1.807, 2.05) is 6.07 Å². The number of hydrogen-bond acceptors (Lipinski definition) is 3. The lowest BCUT2D eigenvalue weighted by Gasteiger charge is -2.19. The molecule has 0 radical (unpaired) electrons. The molecule has 3 rings (SSSR count). The fourth-order valence-corrected chi connectivity index (χ4v) is 2.57. The van der Waals surface area contributed by atoms with Crippen LogP contribution in [0.15, 0.2) is 42.5 Å². The van der Waals surface area contributed by atoms with Gasteiger partial charge in [-0.05, 0) is 29.7 Å². The van der Waals surface area contributed by atoms with Gasteiger partial charge in [-0.1, -0.05) is 31.2 Å². The average molecular weight is 268 g/mol. The number of nitrogens with zero attached hydrogens (tertiary/aromatic N) is 1. The van der Waals surface area contributed by atoms with E-state index in [9.17, 15) is 0 Å². The van der Waals surface area contributed by atoms with E-state index in [2.05, 4.69) is 48.2 Å². The Morgan fingerprint density at radius 3 is 2.45 bits per heavy atom. The second-order valence-corrected chi connectivity index (χ2v) is 5.20. The number of hydrogen-bond donors (Lipinski definition) is 1. The minimum Gasteiger partial charge on any atom is -0.491 e. The van der Waals surface area contributed by atoms with Crippen LogP contribution in [0.2, 0.25) is 0 Å². The second kappa shape index (κ2) is 5.45. The zero-order valence-electron chi connectivity index (χ0n) is 11.8. The molecular formula is C17H20N2O. The molecule has 20 heavy (non-hydrogen) atoms. The van der Waals surface area contributed by atoms with Crippen LogP contribution < -0.4 is 15.4 Å². The number of fused-ring (bicyclic) bond motifs is 1. The van der Waals surface area contributed by atoms with Gasteiger partial charge in [0.1, 0.15) is 5.75 Å². The molecule has 3 nitrogen and oxygen atoms in total. The second-order valence-electron chi connectivity index (χ2n) is 5.20. The highest BCUT2D eigenvalue weighted by molar-refractivity contribution is 5.63. The van der Waals surface area contributed by atoms with Crippen LogP contribution in [-0.4, -0.2) is 6.61 Å². The van der Waals surface area contributed by atoms with Gasteiger partial charge in [-0.25, -0.2) is 0 Å². The first kappa shape index (κ1) is 12.9. The van der Waals surface area contributed by atoms with Crippen molar-refractivity contribution < 1.29 is 4.74 Å². The summed E-state index contributed by atoms with van der Waals surface area (Å²) in [7, 11) is 0. The van der Waals surface area contributed by atoms with Crippen molar-refractivity contribution in [2.45, 2.75) is 26.4 Å². The van der Waals surface area contributed by atoms with E-state index < -0.39 is 0 Å². The predicted octanol–water partition coefficient (Wildman–Crippen LogP) is 3.58. The van der Waals surface area contributed by atoms with E-state index in [1.54, 1.807) is 0 Å². The largest absolute Gasteiger partial charge is 0.491 e. The number of benzene rings is 2. The number of nitrogens with two attached hydrogens (primary N) is 1. The first-order chi connectivity index (χ1) is 9.78. The Kier molecular flexibility index (Phi) is 3.50. The number of ether oxygens (including phenoxy) is 1. The molecule has 0 spiro atoms. The van der Waals surface area contributed by atoms with E-state index in [1.165, 1.54) is 16.8 Å². The van der Waals surface area contributed by atoms with Crippen LogP contribution >= 0.6 is 0 Å². The van der Waals surface area contributed by atoms with E-state index in [4.69, 9.17) is 10.5 Å². The molecule has 104 valence electrons. The van der Waals surface area contributed by atoms with Crippen molar-refractivity contribution in [3.05, 3.63) is 53.6 Å². The van der Waals surface area contributed by atoms with Crippen LogP contribution in [0.4, 0.5) is 11.4 Å². The standard InChI is InChI=1S/C17H20N2O/c1-2-9-20-17-10-15(7-8-16(17)18)19-11-13-5-3-4-6-14(13)12-19/h3-8,10H,2,9,11-12,18H2,1H3. The Morgan fingerprint density at radius 2 is 1.80 bits per heavy atom. The van der Waals surface area contributed by atoms with Crippen LogP contribution in [0.3, 0.4) is 0 Å². The zero-order chi connectivity index (χ0) is 13.9. The van der Waals surface area contributed by atoms with E-state index in [0.29, 0.717) is 12.3 Å². The highest BCUT2D eigenvalue weighted by Crippen LogP contribution is 2.33. The Hall–Kier alpha value is -2.16. The monoisotopic (exact) mass is 268 g/mol. The highest BCUT2D eigenvalue weighted by atomic mass is 16.5. The third-order valence-corrected chi connectivity index (χ3v) is 3.66. The van der Waals surface area contributed by atoms with Gasteiger partial charge in [-0.15, -0.1) is 0 Å². The molecule has 0 aromatic heterocycles. The van der Waals surface area contributed by atoms with Gasteiger partial charge in [0, 0.05) is 24.8 Å². The summed E-state index contributed by atoms with van der Waals surface area (Å²) in [6.45, 7) is 4.70. The smallest absolute Gasteiger partial charge is 0.144 e. The molecule has 3 heteroatoms. The van der Waals surface area contributed by atoms with Gasteiger partial charge in [-0.2, -0.15) is 0 Å². The van der Waals surface area contributed by atoms with E-state index in [-0.39, 0.29) is 0 Å². The molecule has 1 heterocycles. The molecule has 2 N–H and O–H groups in total. The Balaban J connectivity index is 1.82.